The van der Waals surface area contributed by atoms with Gasteiger partial charge in [-0.1, -0.05) is 45.4 Å². The van der Waals surface area contributed by atoms with E-state index >= 15 is 0 Å². The summed E-state index contributed by atoms with van der Waals surface area (Å²) in [5.41, 5.74) is 8.81. The monoisotopic (exact) mass is 304 g/mol. The van der Waals surface area contributed by atoms with Gasteiger partial charge in [0.15, 0.2) is 5.96 Å². The summed E-state index contributed by atoms with van der Waals surface area (Å²) < 4.78 is 0. The van der Waals surface area contributed by atoms with E-state index in [0.29, 0.717) is 6.54 Å². The molecule has 1 aromatic carbocycles. The minimum Gasteiger partial charge on any atom is -0.370 e. The number of benzene rings is 1. The molecule has 0 atom stereocenters. The topological polar surface area (TPSA) is 73.4 Å². The van der Waals surface area contributed by atoms with Gasteiger partial charge in [0.25, 0.3) is 0 Å². The van der Waals surface area contributed by atoms with Crippen molar-refractivity contribution in [3.63, 3.8) is 0 Å². The number of unbranched alkanes of at least 4 members (excludes halogenated alkanes) is 1. The van der Waals surface area contributed by atoms with Gasteiger partial charge in [0.1, 0.15) is 0 Å². The van der Waals surface area contributed by atoms with Crippen molar-refractivity contribution >= 4 is 17.7 Å². The Morgan fingerprint density at radius 1 is 1.18 bits per heavy atom. The van der Waals surface area contributed by atoms with Gasteiger partial charge in [-0.2, -0.15) is 0 Å². The molecule has 0 heterocycles. The van der Waals surface area contributed by atoms with E-state index in [0.717, 1.165) is 42.5 Å². The smallest absolute Gasteiger partial charge is 0.331 e. The predicted octanol–water partition coefficient (Wildman–Crippen LogP) is 3.36. The molecule has 0 fully saturated rings. The molecule has 3 N–H and O–H groups in total. The van der Waals surface area contributed by atoms with E-state index in [-0.39, 0.29) is 12.0 Å². The van der Waals surface area contributed by atoms with E-state index < -0.39 is 0 Å². The molecule has 5 nitrogen and oxygen atoms in total. The van der Waals surface area contributed by atoms with Gasteiger partial charge in [-0.05, 0) is 30.4 Å². The third-order valence-corrected chi connectivity index (χ3v) is 3.84. The summed E-state index contributed by atoms with van der Waals surface area (Å²) in [4.78, 5) is 15.7. The van der Waals surface area contributed by atoms with Crippen LogP contribution in [-0.4, -0.2) is 30.5 Å². The van der Waals surface area contributed by atoms with Gasteiger partial charge in [-0.3, -0.25) is 15.2 Å². The van der Waals surface area contributed by atoms with E-state index in [1.807, 2.05) is 25.1 Å². The number of carbonyl (C=O) groups is 1. The SMILES string of the molecule is CCCCN(C(=N)N)C(=O)N(C)c1c(CC)cccc1CC. The molecular formula is C17H28N4O. The van der Waals surface area contributed by atoms with Crippen molar-refractivity contribution in [3.05, 3.63) is 29.3 Å². The highest BCUT2D eigenvalue weighted by molar-refractivity contribution is 6.02. The van der Waals surface area contributed by atoms with Crippen LogP contribution in [0.25, 0.3) is 0 Å². The Kier molecular flexibility index (Phi) is 6.89. The van der Waals surface area contributed by atoms with Crippen LogP contribution in [0.4, 0.5) is 10.5 Å². The van der Waals surface area contributed by atoms with E-state index in [2.05, 4.69) is 13.8 Å². The minimum absolute atomic E-state index is 0.197. The summed E-state index contributed by atoms with van der Waals surface area (Å²) in [5, 5.41) is 7.67. The average molecular weight is 304 g/mol. The Bertz CT molecular complexity index is 505. The number of guanidine groups is 1. The van der Waals surface area contributed by atoms with Gasteiger partial charge in [-0.15, -0.1) is 0 Å². The van der Waals surface area contributed by atoms with Crippen LogP contribution in [0.5, 0.6) is 0 Å². The number of rotatable bonds is 6. The van der Waals surface area contributed by atoms with E-state index in [1.54, 1.807) is 11.9 Å². The first-order valence-corrected chi connectivity index (χ1v) is 7.97. The van der Waals surface area contributed by atoms with Gasteiger partial charge in [0, 0.05) is 13.6 Å². The molecule has 0 aromatic heterocycles. The van der Waals surface area contributed by atoms with Gasteiger partial charge in [0.2, 0.25) is 0 Å². The number of hydrogen-bond acceptors (Lipinski definition) is 2. The number of nitrogens with zero attached hydrogens (tertiary/aromatic N) is 2. The van der Waals surface area contributed by atoms with Crippen LogP contribution in [0.1, 0.15) is 44.7 Å². The first kappa shape index (κ1) is 18.0. The van der Waals surface area contributed by atoms with Gasteiger partial charge < -0.3 is 5.73 Å². The second kappa shape index (κ2) is 8.41. The number of hydrogen-bond donors (Lipinski definition) is 2. The number of nitrogens with one attached hydrogen (secondary N) is 1. The van der Waals surface area contributed by atoms with E-state index in [9.17, 15) is 4.79 Å². The molecule has 122 valence electrons. The summed E-state index contributed by atoms with van der Waals surface area (Å²) in [6.45, 7) is 6.69. The van der Waals surface area contributed by atoms with Crippen LogP contribution >= 0.6 is 0 Å². The Labute approximate surface area is 133 Å². The Morgan fingerprint density at radius 3 is 2.14 bits per heavy atom. The summed E-state index contributed by atoms with van der Waals surface area (Å²) >= 11 is 0. The molecule has 0 aliphatic rings. The molecule has 1 rings (SSSR count). The number of anilines is 1. The van der Waals surface area contributed by atoms with Crippen molar-refractivity contribution in [2.24, 2.45) is 5.73 Å². The molecule has 0 saturated carbocycles. The summed E-state index contributed by atoms with van der Waals surface area (Å²) in [7, 11) is 1.76. The second-order valence-corrected chi connectivity index (χ2v) is 5.36. The highest BCUT2D eigenvalue weighted by atomic mass is 16.2. The molecule has 0 radical (unpaired) electrons. The fourth-order valence-electron chi connectivity index (χ4n) is 2.56. The summed E-state index contributed by atoms with van der Waals surface area (Å²) in [5.74, 6) is -0.197. The molecule has 2 amide bonds. The van der Waals surface area contributed by atoms with Gasteiger partial charge in [0.05, 0.1) is 5.69 Å². The van der Waals surface area contributed by atoms with Crippen LogP contribution in [-0.2, 0) is 12.8 Å². The maximum absolute atomic E-state index is 12.8. The van der Waals surface area contributed by atoms with Gasteiger partial charge in [-0.25, -0.2) is 4.79 Å². The molecule has 22 heavy (non-hydrogen) atoms. The molecule has 0 spiro atoms. The van der Waals surface area contributed by atoms with Gasteiger partial charge >= 0.3 is 6.03 Å². The lowest BCUT2D eigenvalue weighted by atomic mass is 10.0. The van der Waals surface area contributed by atoms with Crippen molar-refractivity contribution < 1.29 is 4.79 Å². The molecule has 0 unspecified atom stereocenters. The number of urea groups is 1. The fraction of sp³-hybridized carbons (Fsp3) is 0.529. The Morgan fingerprint density at radius 2 is 1.73 bits per heavy atom. The third kappa shape index (κ3) is 4.00. The molecular weight excluding hydrogens is 276 g/mol. The van der Waals surface area contributed by atoms with Crippen molar-refractivity contribution in [3.8, 4) is 0 Å². The standard InChI is InChI=1S/C17H28N4O/c1-5-8-12-21(16(18)19)17(22)20(4)15-13(6-2)10-9-11-14(15)7-3/h9-11H,5-8,12H2,1-4H3,(H3,18,19). The Hall–Kier alpha value is -2.04. The largest absolute Gasteiger partial charge is 0.370 e. The number of nitrogens with two attached hydrogens (primary N) is 1. The lowest BCUT2D eigenvalue weighted by Gasteiger charge is -2.29. The molecule has 1 aromatic rings. The maximum Gasteiger partial charge on any atom is 0.331 e. The number of carbonyl (C=O) groups excluding carboxylic acids is 1. The number of para-hydroxylation sites is 1. The molecule has 0 bridgehead atoms. The van der Waals surface area contributed by atoms with Crippen LogP contribution in [0.15, 0.2) is 18.2 Å². The van der Waals surface area contributed by atoms with Crippen molar-refractivity contribution in [2.75, 3.05) is 18.5 Å². The predicted molar refractivity (Wildman–Crippen MR) is 92.5 cm³/mol. The quantitative estimate of drug-likeness (QED) is 0.624. The highest BCUT2D eigenvalue weighted by Crippen LogP contribution is 2.27. The number of aryl methyl sites for hydroxylation is 2. The third-order valence-electron chi connectivity index (χ3n) is 3.84. The molecule has 0 aliphatic heterocycles. The average Bonchev–Trinajstić information content (AvgIpc) is 2.53. The van der Waals surface area contributed by atoms with Crippen molar-refractivity contribution in [1.82, 2.24) is 4.90 Å². The zero-order valence-corrected chi connectivity index (χ0v) is 14.1. The summed E-state index contributed by atoms with van der Waals surface area (Å²) in [6.07, 6.45) is 3.49. The lowest BCUT2D eigenvalue weighted by molar-refractivity contribution is 0.227. The van der Waals surface area contributed by atoms with Crippen LogP contribution in [0.2, 0.25) is 0 Å². The number of amides is 2. The van der Waals surface area contributed by atoms with Crippen LogP contribution in [0, 0.1) is 5.41 Å². The highest BCUT2D eigenvalue weighted by Gasteiger charge is 2.23. The normalized spacial score (nSPS) is 10.4. The molecule has 5 heteroatoms. The first-order valence-electron chi connectivity index (χ1n) is 7.97. The fourth-order valence-corrected chi connectivity index (χ4v) is 2.56. The van der Waals surface area contributed by atoms with Crippen LogP contribution < -0.4 is 10.6 Å². The minimum atomic E-state index is -0.239. The summed E-state index contributed by atoms with van der Waals surface area (Å²) in [6, 6.07) is 5.88. The zero-order chi connectivity index (χ0) is 16.7. The molecule has 0 saturated heterocycles. The maximum atomic E-state index is 12.8. The lowest BCUT2D eigenvalue weighted by Crippen LogP contribution is -2.48. The van der Waals surface area contributed by atoms with Crippen molar-refractivity contribution in [1.29, 1.82) is 5.41 Å². The van der Waals surface area contributed by atoms with E-state index in [4.69, 9.17) is 11.1 Å². The van der Waals surface area contributed by atoms with E-state index in [1.165, 1.54) is 4.90 Å². The second-order valence-electron chi connectivity index (χ2n) is 5.36. The molecule has 0 aliphatic carbocycles. The van der Waals surface area contributed by atoms with Crippen LogP contribution in [0.3, 0.4) is 0 Å². The zero-order valence-electron chi connectivity index (χ0n) is 14.1. The van der Waals surface area contributed by atoms with Crippen molar-refractivity contribution in [2.45, 2.75) is 46.5 Å². The Balaban J connectivity index is 3.15. The first-order chi connectivity index (χ1) is 10.5.